The topological polar surface area (TPSA) is 65.0 Å². The Bertz CT molecular complexity index is 1160. The van der Waals surface area contributed by atoms with Gasteiger partial charge >= 0.3 is 0 Å². The summed E-state index contributed by atoms with van der Waals surface area (Å²) in [6.07, 6.45) is 16.0. The predicted octanol–water partition coefficient (Wildman–Crippen LogP) is 5.59. The molecule has 3 aliphatic rings. The van der Waals surface area contributed by atoms with Crippen LogP contribution in [0.3, 0.4) is 0 Å². The minimum atomic E-state index is -0.595. The lowest BCUT2D eigenvalue weighted by atomic mass is 9.87. The standard InChI is InChI=1S/C34H44N4O2/c39-33(38-25-23-37(24-26-38)29-16-5-2-6-17-29)21-20-32(35-22-10-13-27-11-3-1-4-12-27)34(40)36-31-19-9-15-28-14-7-8-18-30(28)31/h1,3-4,7-8,10-14,18,22,29,31-32H,2,5-6,9,15-17,19-21,23-26H2,(H,36,40)/b13-10+,35-22?. The largest absolute Gasteiger partial charge is 0.347 e. The highest BCUT2D eigenvalue weighted by Gasteiger charge is 2.29. The van der Waals surface area contributed by atoms with Crippen molar-refractivity contribution in [2.24, 2.45) is 4.99 Å². The van der Waals surface area contributed by atoms with Gasteiger partial charge in [-0.05, 0) is 61.3 Å². The number of rotatable bonds is 9. The maximum Gasteiger partial charge on any atom is 0.245 e. The van der Waals surface area contributed by atoms with Crippen molar-refractivity contribution in [3.8, 4) is 0 Å². The van der Waals surface area contributed by atoms with Crippen molar-refractivity contribution >= 4 is 24.1 Å². The maximum atomic E-state index is 13.5. The fraction of sp³-hybridized carbons (Fsp3) is 0.500. The molecule has 0 spiro atoms. The van der Waals surface area contributed by atoms with E-state index in [2.05, 4.69) is 33.4 Å². The average Bonchev–Trinajstić information content (AvgIpc) is 3.01. The van der Waals surface area contributed by atoms with Crippen LogP contribution in [0.25, 0.3) is 6.08 Å². The Morgan fingerprint density at radius 2 is 1.65 bits per heavy atom. The van der Waals surface area contributed by atoms with Crippen molar-refractivity contribution in [1.29, 1.82) is 0 Å². The van der Waals surface area contributed by atoms with E-state index in [1.165, 1.54) is 43.2 Å². The smallest absolute Gasteiger partial charge is 0.245 e. The van der Waals surface area contributed by atoms with Gasteiger partial charge in [0.2, 0.25) is 11.8 Å². The molecule has 1 saturated carbocycles. The summed E-state index contributed by atoms with van der Waals surface area (Å²) in [6, 6.07) is 18.5. The monoisotopic (exact) mass is 540 g/mol. The van der Waals surface area contributed by atoms with Gasteiger partial charge in [-0.2, -0.15) is 0 Å². The number of carbonyl (C=O) groups excluding carboxylic acids is 2. The normalized spacial score (nSPS) is 21.4. The van der Waals surface area contributed by atoms with Gasteiger partial charge in [-0.3, -0.25) is 19.5 Å². The Morgan fingerprint density at radius 3 is 2.45 bits per heavy atom. The van der Waals surface area contributed by atoms with Crippen LogP contribution in [0, 0.1) is 0 Å². The lowest BCUT2D eigenvalue weighted by Crippen LogP contribution is -2.52. The first-order chi connectivity index (χ1) is 19.7. The Labute approximate surface area is 239 Å². The molecule has 6 nitrogen and oxygen atoms in total. The second-order valence-corrected chi connectivity index (χ2v) is 11.5. The molecule has 0 aromatic heterocycles. The Hall–Kier alpha value is -3.25. The zero-order valence-electron chi connectivity index (χ0n) is 23.7. The third-order valence-electron chi connectivity index (χ3n) is 8.82. The quantitative estimate of drug-likeness (QED) is 0.422. The molecule has 2 fully saturated rings. The molecule has 1 saturated heterocycles. The summed E-state index contributed by atoms with van der Waals surface area (Å²) < 4.78 is 0. The second kappa shape index (κ2) is 14.4. The lowest BCUT2D eigenvalue weighted by molar-refractivity contribution is -0.133. The fourth-order valence-corrected chi connectivity index (χ4v) is 6.52. The second-order valence-electron chi connectivity index (χ2n) is 11.5. The first kappa shape index (κ1) is 28.3. The summed E-state index contributed by atoms with van der Waals surface area (Å²) >= 11 is 0. The van der Waals surface area contributed by atoms with Crippen LogP contribution in [0.5, 0.6) is 0 Å². The molecule has 0 bridgehead atoms. The van der Waals surface area contributed by atoms with Crippen molar-refractivity contribution in [3.63, 3.8) is 0 Å². The van der Waals surface area contributed by atoms with E-state index in [9.17, 15) is 9.59 Å². The Morgan fingerprint density at radius 1 is 0.900 bits per heavy atom. The molecular formula is C34H44N4O2. The minimum Gasteiger partial charge on any atom is -0.347 e. The summed E-state index contributed by atoms with van der Waals surface area (Å²) in [5.74, 6) is 0.0418. The van der Waals surface area contributed by atoms with Crippen LogP contribution in [0.15, 0.2) is 65.7 Å². The van der Waals surface area contributed by atoms with Gasteiger partial charge in [-0.15, -0.1) is 0 Å². The van der Waals surface area contributed by atoms with Gasteiger partial charge < -0.3 is 10.2 Å². The molecule has 212 valence electrons. The summed E-state index contributed by atoms with van der Waals surface area (Å²) in [5, 5.41) is 3.27. The van der Waals surface area contributed by atoms with Gasteiger partial charge in [0.05, 0.1) is 6.04 Å². The molecule has 1 heterocycles. The van der Waals surface area contributed by atoms with E-state index < -0.39 is 6.04 Å². The number of amides is 2. The SMILES string of the molecule is O=C(NC1CCCc2ccccc21)C(CCC(=O)N1CCN(C2CCCCC2)CC1)N=C/C=C/c1ccccc1. The number of benzene rings is 2. The minimum absolute atomic E-state index is 0.00132. The van der Waals surface area contributed by atoms with Gasteiger partial charge in [-0.1, -0.05) is 79.9 Å². The molecule has 2 aromatic rings. The molecular weight excluding hydrogens is 496 g/mol. The van der Waals surface area contributed by atoms with Crippen LogP contribution in [0.2, 0.25) is 0 Å². The van der Waals surface area contributed by atoms with Gasteiger partial charge in [0, 0.05) is 44.9 Å². The number of nitrogens with zero attached hydrogens (tertiary/aromatic N) is 3. The molecule has 2 atom stereocenters. The molecule has 6 heteroatoms. The van der Waals surface area contributed by atoms with Crippen LogP contribution in [-0.2, 0) is 16.0 Å². The van der Waals surface area contributed by atoms with E-state index in [0.717, 1.165) is 51.0 Å². The molecule has 2 aliphatic carbocycles. The number of hydrogen-bond donors (Lipinski definition) is 1. The highest BCUT2D eigenvalue weighted by molar-refractivity contribution is 5.87. The fourth-order valence-electron chi connectivity index (χ4n) is 6.52. The number of piperazine rings is 1. The Balaban J connectivity index is 1.19. The van der Waals surface area contributed by atoms with E-state index >= 15 is 0 Å². The van der Waals surface area contributed by atoms with E-state index in [1.807, 2.05) is 53.5 Å². The van der Waals surface area contributed by atoms with Crippen molar-refractivity contribution in [2.75, 3.05) is 26.2 Å². The summed E-state index contributed by atoms with van der Waals surface area (Å²) in [4.78, 5) is 35.9. The molecule has 1 N–H and O–H groups in total. The Kier molecular flexibility index (Phi) is 10.2. The predicted molar refractivity (Wildman–Crippen MR) is 162 cm³/mol. The molecule has 40 heavy (non-hydrogen) atoms. The number of carbonyl (C=O) groups is 2. The first-order valence-corrected chi connectivity index (χ1v) is 15.3. The van der Waals surface area contributed by atoms with Crippen LogP contribution in [0.1, 0.15) is 80.5 Å². The lowest BCUT2D eigenvalue weighted by Gasteiger charge is -2.40. The van der Waals surface area contributed by atoms with E-state index in [0.29, 0.717) is 18.9 Å². The van der Waals surface area contributed by atoms with Gasteiger partial charge in [0.15, 0.2) is 0 Å². The molecule has 5 rings (SSSR count). The molecule has 2 unspecified atom stereocenters. The molecule has 0 radical (unpaired) electrons. The van der Waals surface area contributed by atoms with Gasteiger partial charge in [0.1, 0.15) is 6.04 Å². The molecule has 2 amide bonds. The van der Waals surface area contributed by atoms with Crippen LogP contribution >= 0.6 is 0 Å². The van der Waals surface area contributed by atoms with Crippen LogP contribution in [0.4, 0.5) is 0 Å². The van der Waals surface area contributed by atoms with E-state index in [1.54, 1.807) is 6.21 Å². The van der Waals surface area contributed by atoms with Crippen molar-refractivity contribution in [2.45, 2.75) is 82.3 Å². The highest BCUT2D eigenvalue weighted by Crippen LogP contribution is 2.30. The number of allylic oxidation sites excluding steroid dienone is 1. The van der Waals surface area contributed by atoms with Crippen molar-refractivity contribution in [3.05, 3.63) is 77.4 Å². The zero-order chi connectivity index (χ0) is 27.6. The maximum absolute atomic E-state index is 13.5. The third-order valence-corrected chi connectivity index (χ3v) is 8.82. The molecule has 2 aromatic carbocycles. The highest BCUT2D eigenvalue weighted by atomic mass is 16.2. The van der Waals surface area contributed by atoms with Crippen molar-refractivity contribution < 1.29 is 9.59 Å². The molecule has 1 aliphatic heterocycles. The van der Waals surface area contributed by atoms with Gasteiger partial charge in [0.25, 0.3) is 0 Å². The number of nitrogens with one attached hydrogen (secondary N) is 1. The van der Waals surface area contributed by atoms with Crippen LogP contribution in [-0.4, -0.2) is 66.1 Å². The third kappa shape index (κ3) is 7.69. The number of aliphatic imine (C=N–C) groups is 1. The summed E-state index contributed by atoms with van der Waals surface area (Å²) in [5.41, 5.74) is 3.60. The van der Waals surface area contributed by atoms with E-state index in [4.69, 9.17) is 0 Å². The van der Waals surface area contributed by atoms with Gasteiger partial charge in [-0.25, -0.2) is 0 Å². The van der Waals surface area contributed by atoms with Crippen LogP contribution < -0.4 is 5.32 Å². The summed E-state index contributed by atoms with van der Waals surface area (Å²) in [7, 11) is 0. The number of aryl methyl sites for hydroxylation is 1. The zero-order valence-corrected chi connectivity index (χ0v) is 23.7. The average molecular weight is 541 g/mol. The number of hydrogen-bond acceptors (Lipinski definition) is 4. The first-order valence-electron chi connectivity index (χ1n) is 15.3. The van der Waals surface area contributed by atoms with E-state index in [-0.39, 0.29) is 17.9 Å². The summed E-state index contributed by atoms with van der Waals surface area (Å²) in [6.45, 7) is 3.50. The number of fused-ring (bicyclic) bond motifs is 1. The van der Waals surface area contributed by atoms with Crippen molar-refractivity contribution in [1.82, 2.24) is 15.1 Å².